The summed E-state index contributed by atoms with van der Waals surface area (Å²) in [6, 6.07) is 37.3. The number of benzene rings is 6. The Balaban J connectivity index is 0.000000188. The van der Waals surface area contributed by atoms with E-state index in [0.717, 1.165) is 78.7 Å². The highest BCUT2D eigenvalue weighted by molar-refractivity contribution is 7.22. The van der Waals surface area contributed by atoms with Crippen molar-refractivity contribution in [1.82, 2.24) is 9.80 Å². The molecule has 3 aliphatic rings. The molecule has 0 saturated carbocycles. The van der Waals surface area contributed by atoms with Crippen LogP contribution in [-0.2, 0) is 4.74 Å². The Morgan fingerprint density at radius 3 is 1.43 bits per heavy atom. The number of carbonyl (C=O) groups excluding carboxylic acids is 2. The Kier molecular flexibility index (Phi) is 17.9. The van der Waals surface area contributed by atoms with Gasteiger partial charge in [-0.3, -0.25) is 28.2 Å². The number of phenolic OH excluding ortho intramolecular Hbond substituents is 3. The summed E-state index contributed by atoms with van der Waals surface area (Å²) in [4.78, 5) is 32.0. The molecule has 3 saturated heterocycles. The summed E-state index contributed by atoms with van der Waals surface area (Å²) < 4.78 is 62.7. The average Bonchev–Trinajstić information content (AvgIpc) is 3.96. The van der Waals surface area contributed by atoms with E-state index in [1.54, 1.807) is 66.7 Å². The molecule has 0 amide bonds. The molecule has 6 aromatic carbocycles. The van der Waals surface area contributed by atoms with Gasteiger partial charge < -0.3 is 43.7 Å². The molecule has 3 fully saturated rings. The molecule has 11 rings (SSSR count). The molecular weight excluding hydrogens is 1030 g/mol. The summed E-state index contributed by atoms with van der Waals surface area (Å²) in [5.74, 6) is 4.26. The van der Waals surface area contributed by atoms with E-state index in [2.05, 4.69) is 9.80 Å². The maximum absolute atomic E-state index is 13.6. The highest BCUT2D eigenvalue weighted by atomic mass is 32.1. The number of nitrogens with zero attached hydrogens (tertiary/aromatic N) is 2. The van der Waals surface area contributed by atoms with Crippen molar-refractivity contribution in [3.63, 3.8) is 0 Å². The number of hydrogen-bond acceptors (Lipinski definition) is 15. The van der Waals surface area contributed by atoms with Gasteiger partial charge in [-0.15, -0.1) is 22.7 Å². The first-order valence-electron chi connectivity index (χ1n) is 25.2. The minimum absolute atomic E-state index is 0. The molecule has 3 N–H and O–H groups in total. The number of phenols is 3. The zero-order valence-corrected chi connectivity index (χ0v) is 43.0. The van der Waals surface area contributed by atoms with Crippen LogP contribution in [0.2, 0.25) is 0 Å². The molecule has 5 heterocycles. The molecule has 8 aromatic rings. The summed E-state index contributed by atoms with van der Waals surface area (Å²) in [7, 11) is 0. The van der Waals surface area contributed by atoms with Crippen LogP contribution in [0, 0.1) is 11.8 Å². The Bertz CT molecular complexity index is 3240. The first-order valence-corrected chi connectivity index (χ1v) is 26.8. The lowest BCUT2D eigenvalue weighted by Gasteiger charge is -2.37. The van der Waals surface area contributed by atoms with Crippen LogP contribution in [0.5, 0.6) is 57.5 Å². The van der Waals surface area contributed by atoms with Crippen molar-refractivity contribution in [2.45, 2.75) is 33.0 Å². The minimum atomic E-state index is -0.270. The molecule has 0 aliphatic carbocycles. The third-order valence-electron chi connectivity index (χ3n) is 13.3. The quantitative estimate of drug-likeness (QED) is 0.0620. The smallest absolute Gasteiger partial charge is 0.206 e. The van der Waals surface area contributed by atoms with Crippen molar-refractivity contribution in [2.75, 3.05) is 72.4 Å². The van der Waals surface area contributed by atoms with Crippen molar-refractivity contribution in [3.8, 4) is 57.5 Å². The third-order valence-corrected chi connectivity index (χ3v) is 15.5. The molecule has 0 bridgehead atoms. The van der Waals surface area contributed by atoms with Crippen molar-refractivity contribution in [1.29, 1.82) is 0 Å². The molecule has 13 nitrogen and oxygen atoms in total. The first-order chi connectivity index (χ1) is 37.0. The lowest BCUT2D eigenvalue weighted by molar-refractivity contribution is -0.105. The lowest BCUT2D eigenvalue weighted by Crippen LogP contribution is -2.49. The molecule has 77 heavy (non-hydrogen) atoms. The molecule has 2 aromatic heterocycles. The summed E-state index contributed by atoms with van der Waals surface area (Å²) in [6.07, 6.45) is 2.69. The van der Waals surface area contributed by atoms with Crippen LogP contribution in [-0.4, -0.2) is 115 Å². The number of thiophene rings is 2. The van der Waals surface area contributed by atoms with Gasteiger partial charge in [0, 0.05) is 88.8 Å². The second-order valence-electron chi connectivity index (χ2n) is 18.9. The molecule has 3 aliphatic heterocycles. The number of halogens is 2. The molecular formula is C60H60F2N2O11S2. The van der Waals surface area contributed by atoms with Gasteiger partial charge >= 0.3 is 0 Å². The number of alkyl halides is 2. The van der Waals surface area contributed by atoms with Gasteiger partial charge in [-0.1, -0.05) is 7.43 Å². The van der Waals surface area contributed by atoms with E-state index in [4.69, 9.17) is 28.4 Å². The summed E-state index contributed by atoms with van der Waals surface area (Å²) >= 11 is 2.58. The zero-order valence-electron chi connectivity index (χ0n) is 41.4. The van der Waals surface area contributed by atoms with Gasteiger partial charge in [-0.2, -0.15) is 0 Å². The van der Waals surface area contributed by atoms with E-state index in [1.165, 1.54) is 46.9 Å². The SMILES string of the molecule is C.O=C(c1ccc(O)cc1)c1sc2cc(O)ccc2c1Oc1ccc(OCCN2CC(CF)C2)cc1.O=C(c1ccc(O)cc1)c1sc2cc(OC3CCCCO3)ccc2c1Oc1ccc(OCCN2CC(CF)C2)cc1. The van der Waals surface area contributed by atoms with Crippen LogP contribution in [0.4, 0.5) is 8.78 Å². The van der Waals surface area contributed by atoms with Crippen molar-refractivity contribution < 1.29 is 62.1 Å². The monoisotopic (exact) mass is 1090 g/mol. The first kappa shape index (κ1) is 54.5. The van der Waals surface area contributed by atoms with Crippen molar-refractivity contribution in [2.24, 2.45) is 11.8 Å². The predicted octanol–water partition coefficient (Wildman–Crippen LogP) is 13.1. The van der Waals surface area contributed by atoms with E-state index in [9.17, 15) is 33.7 Å². The number of ether oxygens (including phenoxy) is 6. The fraction of sp³-hybridized carbons (Fsp3) is 0.300. The van der Waals surface area contributed by atoms with Crippen LogP contribution in [0.3, 0.4) is 0 Å². The standard InChI is InChI=1S/C32H32FNO6S.C27H24FNO5S.CH4/c33-18-21-19-34(20-21)14-16-37-24-8-10-25(11-9-24)40-31-27-13-12-26(39-29-3-1-2-15-38-29)17-28(27)41-32(31)30(36)22-4-6-23(35)7-5-22;28-14-17-15-29(16-17)11-12-33-21-6-8-22(9-7-21)34-26-23-10-5-20(31)13-24(23)35-27(26)25(32)18-1-3-19(30)4-2-18;/h4-13,17,21,29,35H,1-3,14-16,18-20H2;1-10,13,17,30-31H,11-12,14-16H2;1H4. The number of hydrogen-bond donors (Lipinski definition) is 3. The topological polar surface area (TPSA) is 157 Å². The number of carbonyl (C=O) groups is 2. The Morgan fingerprint density at radius 1 is 0.545 bits per heavy atom. The molecule has 17 heteroatoms. The number of rotatable bonds is 20. The van der Waals surface area contributed by atoms with E-state index in [1.807, 2.05) is 42.5 Å². The van der Waals surface area contributed by atoms with Crippen molar-refractivity contribution >= 4 is 54.4 Å². The van der Waals surface area contributed by atoms with Gasteiger partial charge in [0.15, 0.2) is 17.8 Å². The van der Waals surface area contributed by atoms with Crippen LogP contribution in [0.25, 0.3) is 20.2 Å². The number of ketones is 2. The summed E-state index contributed by atoms with van der Waals surface area (Å²) in [5.41, 5.74) is 0.877. The maximum atomic E-state index is 13.6. The van der Waals surface area contributed by atoms with E-state index in [0.29, 0.717) is 80.9 Å². The Labute approximate surface area is 453 Å². The summed E-state index contributed by atoms with van der Waals surface area (Å²) in [5, 5.41) is 30.7. The van der Waals surface area contributed by atoms with Gasteiger partial charge in [0.2, 0.25) is 11.6 Å². The van der Waals surface area contributed by atoms with Crippen LogP contribution >= 0.6 is 22.7 Å². The number of fused-ring (bicyclic) bond motifs is 2. The Hall–Kier alpha value is -7.28. The second kappa shape index (κ2) is 25.2. The normalized spacial score (nSPS) is 15.8. The molecule has 402 valence electrons. The lowest BCUT2D eigenvalue weighted by atomic mass is 10.0. The highest BCUT2D eigenvalue weighted by Gasteiger charge is 2.28. The van der Waals surface area contributed by atoms with Gasteiger partial charge in [0.1, 0.15) is 69.0 Å². The molecule has 0 radical (unpaired) electrons. The molecule has 0 spiro atoms. The number of likely N-dealkylation sites (tertiary alicyclic amines) is 2. The third kappa shape index (κ3) is 13.5. The van der Waals surface area contributed by atoms with E-state index < -0.39 is 0 Å². The largest absolute Gasteiger partial charge is 0.508 e. The van der Waals surface area contributed by atoms with E-state index >= 15 is 0 Å². The minimum Gasteiger partial charge on any atom is -0.508 e. The van der Waals surface area contributed by atoms with Crippen LogP contribution < -0.4 is 23.7 Å². The molecule has 1 atom stereocenters. The van der Waals surface area contributed by atoms with Gasteiger partial charge in [0.05, 0.1) is 20.0 Å². The Morgan fingerprint density at radius 2 is 0.974 bits per heavy atom. The zero-order chi connectivity index (χ0) is 52.5. The maximum Gasteiger partial charge on any atom is 0.206 e. The van der Waals surface area contributed by atoms with E-state index in [-0.39, 0.29) is 67.7 Å². The molecule has 1 unspecified atom stereocenters. The summed E-state index contributed by atoms with van der Waals surface area (Å²) in [6.45, 7) is 5.86. The van der Waals surface area contributed by atoms with Gasteiger partial charge in [-0.05, 0) is 146 Å². The van der Waals surface area contributed by atoms with Crippen LogP contribution in [0.1, 0.15) is 57.2 Å². The number of aromatic hydroxyl groups is 3. The van der Waals surface area contributed by atoms with Crippen molar-refractivity contribution in [3.05, 3.63) is 154 Å². The van der Waals surface area contributed by atoms with Gasteiger partial charge in [-0.25, -0.2) is 0 Å². The second-order valence-corrected chi connectivity index (χ2v) is 21.0. The average molecular weight is 1090 g/mol. The highest BCUT2D eigenvalue weighted by Crippen LogP contribution is 2.45. The van der Waals surface area contributed by atoms with Gasteiger partial charge in [0.25, 0.3) is 0 Å². The fourth-order valence-corrected chi connectivity index (χ4v) is 11.3. The predicted molar refractivity (Wildman–Crippen MR) is 295 cm³/mol. The van der Waals surface area contributed by atoms with Crippen LogP contribution in [0.15, 0.2) is 133 Å². The fourth-order valence-electron chi connectivity index (χ4n) is 9.08.